The number of hydrogen-bond acceptors (Lipinski definition) is 3. The Balaban J connectivity index is 2.87. The van der Waals surface area contributed by atoms with Gasteiger partial charge in [-0.25, -0.2) is 4.98 Å². The van der Waals surface area contributed by atoms with Crippen LogP contribution in [-0.2, 0) is 6.54 Å². The zero-order valence-electron chi connectivity index (χ0n) is 10.8. The Morgan fingerprint density at radius 3 is 2.69 bits per heavy atom. The molecular weight excluding hydrogens is 198 g/mol. The molecule has 2 N–H and O–H groups in total. The zero-order chi connectivity index (χ0) is 12.1. The van der Waals surface area contributed by atoms with E-state index in [0.29, 0.717) is 12.6 Å². The predicted molar refractivity (Wildman–Crippen MR) is 69.6 cm³/mol. The second-order valence-corrected chi connectivity index (χ2v) is 4.44. The largest absolute Gasteiger partial charge is 0.357 e. The lowest BCUT2D eigenvalue weighted by atomic mass is 10.1. The Morgan fingerprint density at radius 1 is 1.50 bits per heavy atom. The van der Waals surface area contributed by atoms with Crippen LogP contribution in [0.2, 0.25) is 0 Å². The Kier molecular flexibility index (Phi) is 4.74. The molecule has 3 nitrogen and oxygen atoms in total. The summed E-state index contributed by atoms with van der Waals surface area (Å²) in [5.74, 6) is 1.07. The van der Waals surface area contributed by atoms with Gasteiger partial charge in [-0.15, -0.1) is 0 Å². The summed E-state index contributed by atoms with van der Waals surface area (Å²) in [6.07, 6.45) is 4.26. The summed E-state index contributed by atoms with van der Waals surface area (Å²) in [6, 6.07) is 2.65. The molecule has 0 saturated carbocycles. The molecule has 1 rings (SSSR count). The summed E-state index contributed by atoms with van der Waals surface area (Å²) in [4.78, 5) is 6.75. The lowest BCUT2D eigenvalue weighted by Gasteiger charge is -2.27. The van der Waals surface area contributed by atoms with Crippen molar-refractivity contribution in [3.8, 4) is 0 Å². The third-order valence-electron chi connectivity index (χ3n) is 3.04. The summed E-state index contributed by atoms with van der Waals surface area (Å²) < 4.78 is 0. The third kappa shape index (κ3) is 2.95. The number of aromatic nitrogens is 1. The average molecular weight is 221 g/mol. The van der Waals surface area contributed by atoms with E-state index in [2.05, 4.69) is 43.8 Å². The Hall–Kier alpha value is -1.09. The van der Waals surface area contributed by atoms with E-state index in [1.165, 1.54) is 18.4 Å². The van der Waals surface area contributed by atoms with Crippen molar-refractivity contribution in [3.05, 3.63) is 23.4 Å². The molecule has 0 saturated heterocycles. The Morgan fingerprint density at radius 2 is 2.19 bits per heavy atom. The molecule has 3 heteroatoms. The van der Waals surface area contributed by atoms with Crippen LogP contribution in [0.3, 0.4) is 0 Å². The standard InChI is InChI=1S/C13H23N3/c1-5-6-11(3)16(4)13-10(2)7-12(8-14)9-15-13/h7,9,11H,5-6,8,14H2,1-4H3. The molecule has 1 atom stereocenters. The maximum atomic E-state index is 5.60. The summed E-state index contributed by atoms with van der Waals surface area (Å²) in [5, 5.41) is 0. The van der Waals surface area contributed by atoms with Crippen molar-refractivity contribution >= 4 is 5.82 Å². The molecule has 0 fully saturated rings. The van der Waals surface area contributed by atoms with Gasteiger partial charge in [-0.05, 0) is 37.5 Å². The van der Waals surface area contributed by atoms with E-state index in [1.807, 2.05) is 6.20 Å². The van der Waals surface area contributed by atoms with Gasteiger partial charge in [0.05, 0.1) is 0 Å². The molecule has 0 aliphatic heterocycles. The maximum Gasteiger partial charge on any atom is 0.131 e. The molecule has 90 valence electrons. The van der Waals surface area contributed by atoms with Gasteiger partial charge >= 0.3 is 0 Å². The molecule has 1 unspecified atom stereocenters. The van der Waals surface area contributed by atoms with Crippen molar-refractivity contribution in [2.24, 2.45) is 5.73 Å². The second-order valence-electron chi connectivity index (χ2n) is 4.44. The van der Waals surface area contributed by atoms with Crippen LogP contribution < -0.4 is 10.6 Å². The van der Waals surface area contributed by atoms with E-state index in [1.54, 1.807) is 0 Å². The van der Waals surface area contributed by atoms with Gasteiger partial charge in [0.15, 0.2) is 0 Å². The van der Waals surface area contributed by atoms with Crippen LogP contribution in [0, 0.1) is 6.92 Å². The summed E-state index contributed by atoms with van der Waals surface area (Å²) in [6.45, 7) is 7.10. The van der Waals surface area contributed by atoms with Crippen LogP contribution in [0.25, 0.3) is 0 Å². The monoisotopic (exact) mass is 221 g/mol. The van der Waals surface area contributed by atoms with Gasteiger partial charge in [0.1, 0.15) is 5.82 Å². The molecule has 0 aliphatic carbocycles. The minimum atomic E-state index is 0.528. The topological polar surface area (TPSA) is 42.2 Å². The lowest BCUT2D eigenvalue weighted by Crippen LogP contribution is -2.30. The maximum absolute atomic E-state index is 5.60. The van der Waals surface area contributed by atoms with Crippen molar-refractivity contribution in [3.63, 3.8) is 0 Å². The molecule has 0 aliphatic rings. The van der Waals surface area contributed by atoms with E-state index >= 15 is 0 Å². The highest BCUT2D eigenvalue weighted by Gasteiger charge is 2.12. The molecular formula is C13H23N3. The van der Waals surface area contributed by atoms with Gasteiger partial charge in [-0.1, -0.05) is 13.3 Å². The first-order chi connectivity index (χ1) is 7.60. The highest BCUT2D eigenvalue weighted by molar-refractivity contribution is 5.47. The number of aryl methyl sites for hydroxylation is 1. The van der Waals surface area contributed by atoms with Gasteiger partial charge in [0.2, 0.25) is 0 Å². The molecule has 1 aromatic heterocycles. The van der Waals surface area contributed by atoms with Gasteiger partial charge in [0, 0.05) is 25.8 Å². The van der Waals surface area contributed by atoms with E-state index in [4.69, 9.17) is 5.73 Å². The number of pyridine rings is 1. The van der Waals surface area contributed by atoms with Crippen LogP contribution in [0.5, 0.6) is 0 Å². The summed E-state index contributed by atoms with van der Waals surface area (Å²) >= 11 is 0. The van der Waals surface area contributed by atoms with E-state index in [-0.39, 0.29) is 0 Å². The molecule has 1 aromatic rings. The lowest BCUT2D eigenvalue weighted by molar-refractivity contribution is 0.610. The molecule has 0 spiro atoms. The fourth-order valence-electron chi connectivity index (χ4n) is 1.93. The quantitative estimate of drug-likeness (QED) is 0.830. The number of anilines is 1. The van der Waals surface area contributed by atoms with Gasteiger partial charge in [0.25, 0.3) is 0 Å². The first kappa shape index (κ1) is 13.0. The normalized spacial score (nSPS) is 12.6. The smallest absolute Gasteiger partial charge is 0.131 e. The number of nitrogens with zero attached hydrogens (tertiary/aromatic N) is 2. The molecule has 0 bridgehead atoms. The van der Waals surface area contributed by atoms with Crippen molar-refractivity contribution in [1.82, 2.24) is 4.98 Å². The molecule has 1 heterocycles. The Bertz CT molecular complexity index is 336. The zero-order valence-corrected chi connectivity index (χ0v) is 10.8. The minimum Gasteiger partial charge on any atom is -0.357 e. The highest BCUT2D eigenvalue weighted by atomic mass is 15.2. The molecule has 16 heavy (non-hydrogen) atoms. The fourth-order valence-corrected chi connectivity index (χ4v) is 1.93. The molecule has 0 aromatic carbocycles. The van der Waals surface area contributed by atoms with Crippen molar-refractivity contribution in [2.75, 3.05) is 11.9 Å². The van der Waals surface area contributed by atoms with Crippen molar-refractivity contribution in [1.29, 1.82) is 0 Å². The van der Waals surface area contributed by atoms with E-state index in [0.717, 1.165) is 11.4 Å². The third-order valence-corrected chi connectivity index (χ3v) is 3.04. The van der Waals surface area contributed by atoms with Gasteiger partial charge in [-0.3, -0.25) is 0 Å². The predicted octanol–water partition coefficient (Wildman–Crippen LogP) is 2.47. The highest BCUT2D eigenvalue weighted by Crippen LogP contribution is 2.20. The molecule has 0 radical (unpaired) electrons. The van der Waals surface area contributed by atoms with E-state index < -0.39 is 0 Å². The van der Waals surface area contributed by atoms with Crippen LogP contribution >= 0.6 is 0 Å². The SMILES string of the molecule is CCCC(C)N(C)c1ncc(CN)cc1C. The second kappa shape index (κ2) is 5.85. The van der Waals surface area contributed by atoms with Crippen LogP contribution in [-0.4, -0.2) is 18.1 Å². The van der Waals surface area contributed by atoms with Crippen LogP contribution in [0.1, 0.15) is 37.8 Å². The number of nitrogens with two attached hydrogens (primary N) is 1. The van der Waals surface area contributed by atoms with Crippen LogP contribution in [0.15, 0.2) is 12.3 Å². The number of hydrogen-bond donors (Lipinski definition) is 1. The number of rotatable bonds is 5. The summed E-state index contributed by atoms with van der Waals surface area (Å²) in [5.41, 5.74) is 7.90. The first-order valence-electron chi connectivity index (χ1n) is 5.98. The van der Waals surface area contributed by atoms with Gasteiger partial charge < -0.3 is 10.6 Å². The summed E-state index contributed by atoms with van der Waals surface area (Å²) in [7, 11) is 2.11. The average Bonchev–Trinajstić information content (AvgIpc) is 2.28. The fraction of sp³-hybridized carbons (Fsp3) is 0.615. The van der Waals surface area contributed by atoms with Crippen molar-refractivity contribution < 1.29 is 0 Å². The van der Waals surface area contributed by atoms with E-state index in [9.17, 15) is 0 Å². The van der Waals surface area contributed by atoms with Crippen LogP contribution in [0.4, 0.5) is 5.82 Å². The van der Waals surface area contributed by atoms with Crippen molar-refractivity contribution in [2.45, 2.75) is 46.2 Å². The first-order valence-corrected chi connectivity index (χ1v) is 5.98. The van der Waals surface area contributed by atoms with Gasteiger partial charge in [-0.2, -0.15) is 0 Å². The Labute approximate surface area is 98.7 Å². The minimum absolute atomic E-state index is 0.528. The molecule has 0 amide bonds.